The molecule has 3 unspecified atom stereocenters. The van der Waals surface area contributed by atoms with Crippen LogP contribution in [0.15, 0.2) is 0 Å². The first-order valence-electron chi connectivity index (χ1n) is 4.20. The Hall–Kier alpha value is 0. The van der Waals surface area contributed by atoms with Crippen LogP contribution in [0.1, 0.15) is 39.5 Å². The van der Waals surface area contributed by atoms with Crippen molar-refractivity contribution >= 4 is 0 Å². The molecule has 0 nitrogen and oxygen atoms in total. The van der Waals surface area contributed by atoms with Gasteiger partial charge in [-0.1, -0.05) is 13.8 Å². The van der Waals surface area contributed by atoms with E-state index in [0.29, 0.717) is 0 Å². The van der Waals surface area contributed by atoms with Crippen LogP contribution in [0.5, 0.6) is 0 Å². The third-order valence-electron chi connectivity index (χ3n) is 3.49. The van der Waals surface area contributed by atoms with Gasteiger partial charge >= 0.3 is 0 Å². The SMILES string of the molecule is CC1CC2(C)CCC1C2. The summed E-state index contributed by atoms with van der Waals surface area (Å²) in [5.74, 6) is 2.15. The van der Waals surface area contributed by atoms with Crippen molar-refractivity contribution in [2.45, 2.75) is 39.5 Å². The molecule has 0 aromatic rings. The highest BCUT2D eigenvalue weighted by molar-refractivity contribution is 4.95. The predicted molar refractivity (Wildman–Crippen MR) is 39.2 cm³/mol. The topological polar surface area (TPSA) is 0 Å². The van der Waals surface area contributed by atoms with Gasteiger partial charge in [-0.05, 0) is 42.9 Å². The molecular weight excluding hydrogens is 108 g/mol. The molecule has 0 N–H and O–H groups in total. The lowest BCUT2D eigenvalue weighted by Crippen LogP contribution is -2.12. The summed E-state index contributed by atoms with van der Waals surface area (Å²) in [6, 6.07) is 0. The molecule has 0 heteroatoms. The summed E-state index contributed by atoms with van der Waals surface area (Å²) in [4.78, 5) is 0. The van der Waals surface area contributed by atoms with Crippen molar-refractivity contribution in [1.82, 2.24) is 0 Å². The first-order chi connectivity index (χ1) is 4.20. The summed E-state index contributed by atoms with van der Waals surface area (Å²) in [6.45, 7) is 4.89. The van der Waals surface area contributed by atoms with Crippen LogP contribution in [0.2, 0.25) is 0 Å². The van der Waals surface area contributed by atoms with Gasteiger partial charge in [0.1, 0.15) is 0 Å². The van der Waals surface area contributed by atoms with Gasteiger partial charge in [-0.25, -0.2) is 0 Å². The van der Waals surface area contributed by atoms with Crippen molar-refractivity contribution in [2.24, 2.45) is 17.3 Å². The van der Waals surface area contributed by atoms with Gasteiger partial charge in [-0.15, -0.1) is 0 Å². The Morgan fingerprint density at radius 2 is 2.11 bits per heavy atom. The molecule has 52 valence electrons. The van der Waals surface area contributed by atoms with Crippen LogP contribution in [0.3, 0.4) is 0 Å². The summed E-state index contributed by atoms with van der Waals surface area (Å²) in [7, 11) is 0. The van der Waals surface area contributed by atoms with E-state index in [4.69, 9.17) is 0 Å². The predicted octanol–water partition coefficient (Wildman–Crippen LogP) is 2.83. The molecule has 2 bridgehead atoms. The summed E-state index contributed by atoms with van der Waals surface area (Å²) in [5.41, 5.74) is 0.782. The number of fused-ring (bicyclic) bond motifs is 2. The molecule has 2 saturated carbocycles. The Labute approximate surface area is 57.6 Å². The maximum absolute atomic E-state index is 2.47. The first kappa shape index (κ1) is 5.76. The molecule has 0 saturated heterocycles. The number of rotatable bonds is 0. The van der Waals surface area contributed by atoms with Gasteiger partial charge in [0, 0.05) is 0 Å². The average molecular weight is 124 g/mol. The summed E-state index contributed by atoms with van der Waals surface area (Å²) in [6.07, 6.45) is 6.09. The molecule has 0 heterocycles. The summed E-state index contributed by atoms with van der Waals surface area (Å²) < 4.78 is 0. The standard InChI is InChI=1S/C9H16/c1-7-5-9(2)4-3-8(7)6-9/h7-8H,3-6H2,1-2H3. The van der Waals surface area contributed by atoms with Crippen molar-refractivity contribution in [1.29, 1.82) is 0 Å². The third kappa shape index (κ3) is 0.720. The molecule has 2 rings (SSSR count). The van der Waals surface area contributed by atoms with E-state index >= 15 is 0 Å². The lowest BCUT2D eigenvalue weighted by molar-refractivity contribution is 0.281. The fourth-order valence-corrected chi connectivity index (χ4v) is 2.99. The highest BCUT2D eigenvalue weighted by Crippen LogP contribution is 2.56. The third-order valence-corrected chi connectivity index (χ3v) is 3.49. The van der Waals surface area contributed by atoms with Crippen molar-refractivity contribution in [3.63, 3.8) is 0 Å². The van der Waals surface area contributed by atoms with Gasteiger partial charge < -0.3 is 0 Å². The van der Waals surface area contributed by atoms with E-state index in [1.807, 2.05) is 0 Å². The fraction of sp³-hybridized carbons (Fsp3) is 1.00. The second-order valence-corrected chi connectivity index (χ2v) is 4.49. The van der Waals surface area contributed by atoms with E-state index in [1.165, 1.54) is 25.7 Å². The number of hydrogen-bond acceptors (Lipinski definition) is 0. The lowest BCUT2D eigenvalue weighted by Gasteiger charge is -2.23. The Bertz CT molecular complexity index is 124. The minimum absolute atomic E-state index is 0.782. The number of hydrogen-bond donors (Lipinski definition) is 0. The molecule has 0 aromatic carbocycles. The molecule has 0 spiro atoms. The second-order valence-electron chi connectivity index (χ2n) is 4.49. The van der Waals surface area contributed by atoms with Gasteiger partial charge in [-0.3, -0.25) is 0 Å². The molecule has 2 aliphatic rings. The van der Waals surface area contributed by atoms with E-state index in [-0.39, 0.29) is 0 Å². The molecule has 0 radical (unpaired) electrons. The fourth-order valence-electron chi connectivity index (χ4n) is 2.99. The largest absolute Gasteiger partial charge is 0.0622 e. The quantitative estimate of drug-likeness (QED) is 0.466. The molecule has 0 aromatic heterocycles. The molecule has 2 aliphatic carbocycles. The minimum atomic E-state index is 0.782. The summed E-state index contributed by atoms with van der Waals surface area (Å²) in [5, 5.41) is 0. The second kappa shape index (κ2) is 1.53. The Morgan fingerprint density at radius 1 is 1.33 bits per heavy atom. The maximum atomic E-state index is 2.47. The van der Waals surface area contributed by atoms with Crippen molar-refractivity contribution in [2.75, 3.05) is 0 Å². The molecule has 0 aliphatic heterocycles. The van der Waals surface area contributed by atoms with Crippen LogP contribution in [-0.4, -0.2) is 0 Å². The zero-order valence-electron chi connectivity index (χ0n) is 6.48. The molecular formula is C9H16. The Balaban J connectivity index is 2.19. The smallest absolute Gasteiger partial charge is 0.0320 e. The van der Waals surface area contributed by atoms with Crippen LogP contribution >= 0.6 is 0 Å². The Kier molecular flexibility index (Phi) is 0.980. The molecule has 9 heavy (non-hydrogen) atoms. The highest BCUT2D eigenvalue weighted by atomic mass is 14.5. The highest BCUT2D eigenvalue weighted by Gasteiger charge is 2.45. The Morgan fingerprint density at radius 3 is 2.33 bits per heavy atom. The van der Waals surface area contributed by atoms with Crippen molar-refractivity contribution in [3.8, 4) is 0 Å². The van der Waals surface area contributed by atoms with Crippen LogP contribution in [-0.2, 0) is 0 Å². The first-order valence-corrected chi connectivity index (χ1v) is 4.20. The average Bonchev–Trinajstić information content (AvgIpc) is 2.20. The van der Waals surface area contributed by atoms with Gasteiger partial charge in [0.15, 0.2) is 0 Å². The van der Waals surface area contributed by atoms with E-state index in [9.17, 15) is 0 Å². The molecule has 2 fully saturated rings. The van der Waals surface area contributed by atoms with Crippen molar-refractivity contribution in [3.05, 3.63) is 0 Å². The van der Waals surface area contributed by atoms with Gasteiger partial charge in [0.05, 0.1) is 0 Å². The van der Waals surface area contributed by atoms with Crippen LogP contribution in [0.25, 0.3) is 0 Å². The minimum Gasteiger partial charge on any atom is -0.0622 e. The summed E-state index contributed by atoms with van der Waals surface area (Å²) >= 11 is 0. The van der Waals surface area contributed by atoms with Gasteiger partial charge in [-0.2, -0.15) is 0 Å². The van der Waals surface area contributed by atoms with E-state index in [2.05, 4.69) is 13.8 Å². The van der Waals surface area contributed by atoms with Gasteiger partial charge in [0.25, 0.3) is 0 Å². The monoisotopic (exact) mass is 124 g/mol. The normalized spacial score (nSPS) is 56.7. The van der Waals surface area contributed by atoms with E-state index < -0.39 is 0 Å². The maximum Gasteiger partial charge on any atom is -0.0320 e. The van der Waals surface area contributed by atoms with E-state index in [0.717, 1.165) is 17.3 Å². The van der Waals surface area contributed by atoms with Crippen molar-refractivity contribution < 1.29 is 0 Å². The van der Waals surface area contributed by atoms with Crippen LogP contribution < -0.4 is 0 Å². The zero-order chi connectivity index (χ0) is 6.48. The van der Waals surface area contributed by atoms with Crippen LogP contribution in [0, 0.1) is 17.3 Å². The van der Waals surface area contributed by atoms with Crippen LogP contribution in [0.4, 0.5) is 0 Å². The molecule has 3 atom stereocenters. The zero-order valence-corrected chi connectivity index (χ0v) is 6.48. The van der Waals surface area contributed by atoms with E-state index in [1.54, 1.807) is 0 Å². The molecule has 0 amide bonds. The van der Waals surface area contributed by atoms with Gasteiger partial charge in [0.2, 0.25) is 0 Å². The lowest BCUT2D eigenvalue weighted by atomic mass is 9.82.